The Morgan fingerprint density at radius 3 is 2.52 bits per heavy atom. The maximum atomic E-state index is 12.8. The van der Waals surface area contributed by atoms with Gasteiger partial charge in [0.25, 0.3) is 5.91 Å². The second kappa shape index (κ2) is 8.93. The number of carbonyl (C=O) groups excluding carboxylic acids is 2. The van der Waals surface area contributed by atoms with Crippen molar-refractivity contribution in [1.82, 2.24) is 4.90 Å². The number of Topliss-reactive ketones (excluding diaryl/α,β-unsaturated/α-hetero) is 1. The average molecular weight is 375 g/mol. The molecule has 1 aliphatic rings. The van der Waals surface area contributed by atoms with Gasteiger partial charge in [-0.25, -0.2) is 0 Å². The van der Waals surface area contributed by atoms with Gasteiger partial charge in [0, 0.05) is 13.0 Å². The van der Waals surface area contributed by atoms with Gasteiger partial charge in [-0.05, 0) is 37.0 Å². The molecule has 0 bridgehead atoms. The van der Waals surface area contributed by atoms with Crippen LogP contribution in [0.5, 0.6) is 11.5 Å². The predicted molar refractivity (Wildman–Crippen MR) is 103 cm³/mol. The molecule has 1 N–H and O–H groups in total. The second-order valence-corrected chi connectivity index (χ2v) is 7.03. The number of methoxy groups -OCH3 is 1. The van der Waals surface area contributed by atoms with E-state index >= 15 is 0 Å². The Morgan fingerprint density at radius 1 is 1.26 bits per heavy atom. The fourth-order valence-corrected chi connectivity index (χ4v) is 3.37. The maximum absolute atomic E-state index is 12.8. The number of amides is 1. The lowest BCUT2D eigenvalue weighted by molar-refractivity contribution is -0.129. The second-order valence-electron chi connectivity index (χ2n) is 7.03. The minimum atomic E-state index is -0.617. The Labute approximate surface area is 160 Å². The number of ketones is 1. The molecule has 27 heavy (non-hydrogen) atoms. The van der Waals surface area contributed by atoms with E-state index in [1.54, 1.807) is 24.1 Å². The molecule has 0 aliphatic carbocycles. The third-order valence-electron chi connectivity index (χ3n) is 4.47. The highest BCUT2D eigenvalue weighted by Gasteiger charge is 2.43. The molecule has 0 radical (unpaired) electrons. The maximum Gasteiger partial charge on any atom is 0.290 e. The molecule has 1 aliphatic heterocycles. The first-order valence-corrected chi connectivity index (χ1v) is 9.43. The summed E-state index contributed by atoms with van der Waals surface area (Å²) in [6.45, 7) is 8.61. The molecule has 0 spiro atoms. The van der Waals surface area contributed by atoms with Gasteiger partial charge in [0.05, 0.1) is 25.3 Å². The Morgan fingerprint density at radius 2 is 1.96 bits per heavy atom. The van der Waals surface area contributed by atoms with Crippen LogP contribution in [0.25, 0.3) is 0 Å². The number of nitrogens with zero attached hydrogens (tertiary/aromatic N) is 1. The lowest BCUT2D eigenvalue weighted by Gasteiger charge is -2.27. The number of ether oxygens (including phenoxy) is 2. The molecule has 1 atom stereocenters. The monoisotopic (exact) mass is 375 g/mol. The number of carbonyl (C=O) groups is 2. The molecule has 1 unspecified atom stereocenters. The molecule has 2 rings (SSSR count). The molecular weight excluding hydrogens is 346 g/mol. The number of benzene rings is 1. The van der Waals surface area contributed by atoms with Gasteiger partial charge in [0.1, 0.15) is 0 Å². The van der Waals surface area contributed by atoms with E-state index < -0.39 is 17.7 Å². The first kappa shape index (κ1) is 20.8. The van der Waals surface area contributed by atoms with E-state index in [0.717, 1.165) is 12.0 Å². The molecule has 6 nitrogen and oxygen atoms in total. The van der Waals surface area contributed by atoms with Crippen LogP contribution in [-0.4, -0.2) is 42.0 Å². The van der Waals surface area contributed by atoms with Crippen molar-refractivity contribution in [2.45, 2.75) is 46.6 Å². The topological polar surface area (TPSA) is 76.1 Å². The molecule has 0 fully saturated rings. The highest BCUT2D eigenvalue weighted by molar-refractivity contribution is 6.09. The minimum absolute atomic E-state index is 0.128. The summed E-state index contributed by atoms with van der Waals surface area (Å²) in [7, 11) is 1.56. The molecule has 148 valence electrons. The first-order valence-electron chi connectivity index (χ1n) is 9.43. The van der Waals surface area contributed by atoms with E-state index in [2.05, 4.69) is 0 Å². The summed E-state index contributed by atoms with van der Waals surface area (Å²) in [5, 5.41) is 10.5. The summed E-state index contributed by atoms with van der Waals surface area (Å²) in [6, 6.07) is 4.73. The predicted octanol–water partition coefficient (Wildman–Crippen LogP) is 3.81. The SMILES string of the molecule is CCCN1C(=O)C(O)=C(C(=O)CC(C)C)C1c1ccc(OC)c(OCC)c1. The van der Waals surface area contributed by atoms with E-state index in [1.165, 1.54) is 0 Å². The summed E-state index contributed by atoms with van der Waals surface area (Å²) < 4.78 is 11.0. The van der Waals surface area contributed by atoms with Crippen LogP contribution >= 0.6 is 0 Å². The van der Waals surface area contributed by atoms with Gasteiger partial charge in [-0.15, -0.1) is 0 Å². The number of aliphatic hydroxyl groups is 1. The first-order chi connectivity index (χ1) is 12.8. The number of rotatable bonds is 9. The zero-order valence-electron chi connectivity index (χ0n) is 16.7. The van der Waals surface area contributed by atoms with Crippen LogP contribution in [0.1, 0.15) is 52.1 Å². The van der Waals surface area contributed by atoms with Crippen molar-refractivity contribution < 1.29 is 24.2 Å². The van der Waals surface area contributed by atoms with Crippen LogP contribution in [0.2, 0.25) is 0 Å². The zero-order chi connectivity index (χ0) is 20.1. The van der Waals surface area contributed by atoms with Gasteiger partial charge >= 0.3 is 0 Å². The fourth-order valence-electron chi connectivity index (χ4n) is 3.37. The van der Waals surface area contributed by atoms with E-state index in [9.17, 15) is 14.7 Å². The molecule has 6 heteroatoms. The Bertz CT molecular complexity index is 738. The summed E-state index contributed by atoms with van der Waals surface area (Å²) in [4.78, 5) is 27.0. The van der Waals surface area contributed by atoms with Crippen LogP contribution in [0.3, 0.4) is 0 Å². The van der Waals surface area contributed by atoms with Crippen molar-refractivity contribution in [3.63, 3.8) is 0 Å². The van der Waals surface area contributed by atoms with Gasteiger partial charge in [-0.1, -0.05) is 26.8 Å². The van der Waals surface area contributed by atoms with Gasteiger partial charge in [-0.3, -0.25) is 9.59 Å². The van der Waals surface area contributed by atoms with E-state index in [-0.39, 0.29) is 23.7 Å². The van der Waals surface area contributed by atoms with Crippen molar-refractivity contribution in [3.05, 3.63) is 35.1 Å². The molecule has 1 aromatic carbocycles. The lowest BCUT2D eigenvalue weighted by Crippen LogP contribution is -2.32. The third kappa shape index (κ3) is 4.26. The zero-order valence-corrected chi connectivity index (χ0v) is 16.7. The van der Waals surface area contributed by atoms with Gasteiger partial charge < -0.3 is 19.5 Å². The highest BCUT2D eigenvalue weighted by Crippen LogP contribution is 2.41. The summed E-state index contributed by atoms with van der Waals surface area (Å²) >= 11 is 0. The molecule has 0 aromatic heterocycles. The minimum Gasteiger partial charge on any atom is -0.503 e. The van der Waals surface area contributed by atoms with Crippen molar-refractivity contribution in [3.8, 4) is 11.5 Å². The third-order valence-corrected chi connectivity index (χ3v) is 4.47. The summed E-state index contributed by atoms with van der Waals surface area (Å²) in [5.41, 5.74) is 0.895. The van der Waals surface area contributed by atoms with Crippen molar-refractivity contribution in [1.29, 1.82) is 0 Å². The van der Waals surface area contributed by atoms with Crippen molar-refractivity contribution in [2.75, 3.05) is 20.3 Å². The van der Waals surface area contributed by atoms with Crippen LogP contribution in [0.15, 0.2) is 29.5 Å². The molecule has 0 saturated heterocycles. The standard InChI is InChI=1S/C21H29NO5/c1-6-10-22-19(14-8-9-16(26-5)17(12-14)27-7-2)18(20(24)21(22)25)15(23)11-13(3)4/h8-9,12-13,19,24H,6-7,10-11H2,1-5H3. The van der Waals surface area contributed by atoms with Gasteiger partial charge in [0.15, 0.2) is 23.0 Å². The van der Waals surface area contributed by atoms with Crippen LogP contribution in [0.4, 0.5) is 0 Å². The Kier molecular flexibility index (Phi) is 6.88. The van der Waals surface area contributed by atoms with E-state index in [1.807, 2.05) is 33.8 Å². The summed E-state index contributed by atoms with van der Waals surface area (Å²) in [6.07, 6.45) is 0.993. The van der Waals surface area contributed by atoms with Crippen LogP contribution < -0.4 is 9.47 Å². The lowest BCUT2D eigenvalue weighted by atomic mass is 9.92. The number of hydrogen-bond donors (Lipinski definition) is 1. The van der Waals surface area contributed by atoms with E-state index in [0.29, 0.717) is 24.7 Å². The molecular formula is C21H29NO5. The fraction of sp³-hybridized carbons (Fsp3) is 0.524. The van der Waals surface area contributed by atoms with Crippen LogP contribution in [0, 0.1) is 5.92 Å². The Hall–Kier alpha value is -2.50. The normalized spacial score (nSPS) is 17.0. The quantitative estimate of drug-likeness (QED) is 0.710. The smallest absolute Gasteiger partial charge is 0.290 e. The van der Waals surface area contributed by atoms with Crippen molar-refractivity contribution >= 4 is 11.7 Å². The van der Waals surface area contributed by atoms with Gasteiger partial charge in [0.2, 0.25) is 0 Å². The molecule has 1 amide bonds. The molecule has 1 aromatic rings. The summed E-state index contributed by atoms with van der Waals surface area (Å²) in [5.74, 6) is 0.117. The molecule has 0 saturated carbocycles. The van der Waals surface area contributed by atoms with Crippen LogP contribution in [-0.2, 0) is 9.59 Å². The largest absolute Gasteiger partial charge is 0.503 e. The number of hydrogen-bond acceptors (Lipinski definition) is 5. The number of aliphatic hydroxyl groups excluding tert-OH is 1. The average Bonchev–Trinajstić information content (AvgIpc) is 2.87. The highest BCUT2D eigenvalue weighted by atomic mass is 16.5. The van der Waals surface area contributed by atoms with Crippen molar-refractivity contribution in [2.24, 2.45) is 5.92 Å². The van der Waals surface area contributed by atoms with E-state index in [4.69, 9.17) is 9.47 Å². The Balaban J connectivity index is 2.55. The molecule has 1 heterocycles. The van der Waals surface area contributed by atoms with Gasteiger partial charge in [-0.2, -0.15) is 0 Å².